The molecule has 0 unspecified atom stereocenters. The van der Waals surface area contributed by atoms with E-state index in [9.17, 15) is 22.4 Å². The molecule has 10 heteroatoms. The summed E-state index contributed by atoms with van der Waals surface area (Å²) in [4.78, 5) is 13.4. The minimum Gasteiger partial charge on any atom is -0.455 e. The average molecular weight is 545 g/mol. The number of ether oxygens (including phenoxy) is 1. The molecule has 1 aliphatic rings. The third kappa shape index (κ3) is 4.74. The van der Waals surface area contributed by atoms with E-state index in [4.69, 9.17) is 20.9 Å². The number of halogens is 5. The Hall–Kier alpha value is -3.85. The Kier molecular flexibility index (Phi) is 6.65. The molecule has 0 radical (unpaired) electrons. The number of rotatable bonds is 5. The highest BCUT2D eigenvalue weighted by Crippen LogP contribution is 2.41. The van der Waals surface area contributed by atoms with E-state index in [0.717, 1.165) is 60.2 Å². The average Bonchev–Trinajstić information content (AvgIpc) is 3.49. The first-order valence-electron chi connectivity index (χ1n) is 11.8. The monoisotopic (exact) mass is 544 g/mol. The second-order valence-corrected chi connectivity index (χ2v) is 9.42. The number of fused-ring (bicyclic) bond motifs is 1. The first kappa shape index (κ1) is 25.8. The Morgan fingerprint density at radius 3 is 2.53 bits per heavy atom. The van der Waals surface area contributed by atoms with E-state index in [0.29, 0.717) is 5.75 Å². The van der Waals surface area contributed by atoms with Gasteiger partial charge in [-0.05, 0) is 86.2 Å². The van der Waals surface area contributed by atoms with Gasteiger partial charge < -0.3 is 14.6 Å². The summed E-state index contributed by atoms with van der Waals surface area (Å²) in [5.41, 5.74) is 1.57. The normalized spacial score (nSPS) is 12.9. The van der Waals surface area contributed by atoms with Crippen LogP contribution in [0.5, 0.6) is 11.5 Å². The number of nitrogens with zero attached hydrogens (tertiary/aromatic N) is 1. The molecule has 1 aliphatic carbocycles. The maximum atomic E-state index is 14.6. The maximum absolute atomic E-state index is 14.6. The Morgan fingerprint density at radius 2 is 1.79 bits per heavy atom. The van der Waals surface area contributed by atoms with Gasteiger partial charge in [0, 0.05) is 0 Å². The molecule has 0 saturated carbocycles. The van der Waals surface area contributed by atoms with Crippen molar-refractivity contribution in [3.8, 4) is 22.8 Å². The summed E-state index contributed by atoms with van der Waals surface area (Å²) in [5, 5.41) is 6.27. The molecular formula is C28H21ClF4N2O3. The smallest absolute Gasteiger partial charge is 0.416 e. The van der Waals surface area contributed by atoms with Crippen molar-refractivity contribution < 1.29 is 31.6 Å². The van der Waals surface area contributed by atoms with Crippen LogP contribution in [0.1, 0.15) is 44.8 Å². The number of hydrogen-bond acceptors (Lipinski definition) is 4. The van der Waals surface area contributed by atoms with E-state index >= 15 is 0 Å². The summed E-state index contributed by atoms with van der Waals surface area (Å²) >= 11 is 6.16. The highest BCUT2D eigenvalue weighted by atomic mass is 35.5. The fourth-order valence-corrected chi connectivity index (χ4v) is 4.93. The number of benzene rings is 3. The zero-order chi connectivity index (χ0) is 27.2. The Bertz CT molecular complexity index is 1540. The summed E-state index contributed by atoms with van der Waals surface area (Å²) in [6.45, 7) is 3.43. The number of aromatic nitrogens is 1. The lowest BCUT2D eigenvalue weighted by atomic mass is 10.0. The molecule has 196 valence electrons. The van der Waals surface area contributed by atoms with Gasteiger partial charge in [0.15, 0.2) is 5.75 Å². The minimum atomic E-state index is -4.66. The number of alkyl halides is 3. The van der Waals surface area contributed by atoms with Gasteiger partial charge in [-0.3, -0.25) is 4.79 Å². The van der Waals surface area contributed by atoms with Crippen LogP contribution < -0.4 is 10.1 Å². The van der Waals surface area contributed by atoms with Crippen molar-refractivity contribution in [1.29, 1.82) is 0 Å². The molecule has 4 aromatic rings. The highest BCUT2D eigenvalue weighted by molar-refractivity contribution is 6.33. The minimum absolute atomic E-state index is 0.0105. The third-order valence-electron chi connectivity index (χ3n) is 6.54. The summed E-state index contributed by atoms with van der Waals surface area (Å²) < 4.78 is 66.5. The molecule has 1 heterocycles. The van der Waals surface area contributed by atoms with Crippen LogP contribution >= 0.6 is 11.6 Å². The number of carbonyl (C=O) groups excluding carboxylic acids is 1. The molecule has 1 amide bonds. The molecule has 0 saturated heterocycles. The molecule has 1 N–H and O–H groups in total. The predicted octanol–water partition coefficient (Wildman–Crippen LogP) is 8.30. The van der Waals surface area contributed by atoms with Gasteiger partial charge in [-0.2, -0.15) is 13.2 Å². The van der Waals surface area contributed by atoms with Crippen molar-refractivity contribution in [1.82, 2.24) is 5.16 Å². The summed E-state index contributed by atoms with van der Waals surface area (Å²) in [5.74, 6) is -1.04. The molecule has 0 spiro atoms. The quantitative estimate of drug-likeness (QED) is 0.257. The first-order chi connectivity index (χ1) is 18.0. The van der Waals surface area contributed by atoms with Crippen LogP contribution in [-0.2, 0) is 19.0 Å². The van der Waals surface area contributed by atoms with Gasteiger partial charge in [0.25, 0.3) is 5.91 Å². The molecule has 0 aliphatic heterocycles. The van der Waals surface area contributed by atoms with E-state index in [-0.39, 0.29) is 39.0 Å². The van der Waals surface area contributed by atoms with E-state index < -0.39 is 23.5 Å². The zero-order valence-corrected chi connectivity index (χ0v) is 21.1. The molecule has 38 heavy (non-hydrogen) atoms. The van der Waals surface area contributed by atoms with Crippen molar-refractivity contribution in [2.75, 3.05) is 5.32 Å². The molecule has 0 fully saturated rings. The lowest BCUT2D eigenvalue weighted by Crippen LogP contribution is -2.15. The van der Waals surface area contributed by atoms with Crippen LogP contribution in [0.3, 0.4) is 0 Å². The number of hydrogen-bond donors (Lipinski definition) is 1. The fourth-order valence-electron chi connectivity index (χ4n) is 4.68. The molecular weight excluding hydrogens is 524 g/mol. The van der Waals surface area contributed by atoms with Crippen molar-refractivity contribution in [2.45, 2.75) is 39.3 Å². The molecule has 5 rings (SSSR count). The van der Waals surface area contributed by atoms with Crippen LogP contribution in [0.15, 0.2) is 53.1 Å². The first-order valence-corrected chi connectivity index (χ1v) is 12.1. The summed E-state index contributed by atoms with van der Waals surface area (Å²) in [6, 6.07) is 10.5. The standard InChI is InChI=1S/C28H21ClF4N2O3/c1-14-9-11-22(18-6-3-5-17(14)18)37-23-12-10-16(28(31,32)33)13-21(23)34-27(36)24-15(2)38-35-26(24)25-19(29)7-4-8-20(25)30/h4,7-13H,3,5-6H2,1-2H3,(H,34,36). The Morgan fingerprint density at radius 1 is 1.05 bits per heavy atom. The predicted molar refractivity (Wildman–Crippen MR) is 134 cm³/mol. The van der Waals surface area contributed by atoms with Crippen LogP contribution in [0.25, 0.3) is 11.3 Å². The number of amides is 1. The van der Waals surface area contributed by atoms with E-state index in [1.807, 2.05) is 13.0 Å². The van der Waals surface area contributed by atoms with Crippen molar-refractivity contribution in [3.63, 3.8) is 0 Å². The third-order valence-corrected chi connectivity index (χ3v) is 6.86. The SMILES string of the molecule is Cc1ccc(Oc2ccc(C(F)(F)F)cc2NC(=O)c2c(-c3c(F)cccc3Cl)noc2C)c2c1CCC2. The Balaban J connectivity index is 1.56. The van der Waals surface area contributed by atoms with Crippen LogP contribution in [0, 0.1) is 19.7 Å². The van der Waals surface area contributed by atoms with Crippen LogP contribution in [0.2, 0.25) is 5.02 Å². The van der Waals surface area contributed by atoms with Gasteiger partial charge in [-0.25, -0.2) is 4.39 Å². The van der Waals surface area contributed by atoms with Crippen LogP contribution in [0.4, 0.5) is 23.2 Å². The molecule has 3 aromatic carbocycles. The largest absolute Gasteiger partial charge is 0.455 e. The summed E-state index contributed by atoms with van der Waals surface area (Å²) in [6.07, 6.45) is -2.05. The van der Waals surface area contributed by atoms with Gasteiger partial charge >= 0.3 is 6.18 Å². The fraction of sp³-hybridized carbons (Fsp3) is 0.214. The molecule has 5 nitrogen and oxygen atoms in total. The molecule has 1 aromatic heterocycles. The van der Waals surface area contributed by atoms with Crippen molar-refractivity contribution in [2.24, 2.45) is 0 Å². The van der Waals surface area contributed by atoms with Crippen LogP contribution in [-0.4, -0.2) is 11.1 Å². The molecule has 0 atom stereocenters. The van der Waals surface area contributed by atoms with Crippen molar-refractivity contribution in [3.05, 3.63) is 92.9 Å². The Labute approximate surface area is 220 Å². The van der Waals surface area contributed by atoms with E-state index in [1.165, 1.54) is 19.1 Å². The van der Waals surface area contributed by atoms with Gasteiger partial charge in [-0.1, -0.05) is 28.9 Å². The highest BCUT2D eigenvalue weighted by Gasteiger charge is 2.32. The molecule has 0 bridgehead atoms. The topological polar surface area (TPSA) is 64.4 Å². The van der Waals surface area contributed by atoms with Crippen molar-refractivity contribution >= 4 is 23.2 Å². The number of nitrogens with one attached hydrogen (secondary N) is 1. The summed E-state index contributed by atoms with van der Waals surface area (Å²) in [7, 11) is 0. The number of carbonyl (C=O) groups is 1. The van der Waals surface area contributed by atoms with E-state index in [2.05, 4.69) is 10.5 Å². The zero-order valence-electron chi connectivity index (χ0n) is 20.3. The second-order valence-electron chi connectivity index (χ2n) is 9.02. The lowest BCUT2D eigenvalue weighted by Gasteiger charge is -2.17. The number of anilines is 1. The van der Waals surface area contributed by atoms with Gasteiger partial charge in [0.2, 0.25) is 0 Å². The van der Waals surface area contributed by atoms with Gasteiger partial charge in [0.05, 0.1) is 21.8 Å². The second kappa shape index (κ2) is 9.79. The van der Waals surface area contributed by atoms with Gasteiger partial charge in [-0.15, -0.1) is 0 Å². The van der Waals surface area contributed by atoms with E-state index in [1.54, 1.807) is 6.07 Å². The lowest BCUT2D eigenvalue weighted by molar-refractivity contribution is -0.137. The maximum Gasteiger partial charge on any atom is 0.416 e. The number of aryl methyl sites for hydroxylation is 2. The van der Waals surface area contributed by atoms with Gasteiger partial charge in [0.1, 0.15) is 28.6 Å².